The Morgan fingerprint density at radius 2 is 1.60 bits per heavy atom. The summed E-state index contributed by atoms with van der Waals surface area (Å²) in [7, 11) is 0. The lowest BCUT2D eigenvalue weighted by Crippen LogP contribution is -2.50. The average molecular weight is 506 g/mol. The van der Waals surface area contributed by atoms with Gasteiger partial charge < -0.3 is 15.2 Å². The molecule has 35 heavy (non-hydrogen) atoms. The molecule has 0 aromatic heterocycles. The molecule has 4 atom stereocenters. The SMILES string of the molecule is CCCCCCCCCCC[C@@H](C[C@H]1OC(=O)[C@@H]1Sc1ccccc1)OC(=O)C(C(N)=O)C(C)C. The average Bonchev–Trinajstić information content (AvgIpc) is 2.81. The third kappa shape index (κ3) is 10.2. The number of thioether (sulfide) groups is 1. The number of benzene rings is 1. The van der Waals surface area contributed by atoms with E-state index in [2.05, 4.69) is 6.92 Å². The molecule has 0 bridgehead atoms. The minimum absolute atomic E-state index is 0.240. The smallest absolute Gasteiger partial charge is 0.323 e. The van der Waals surface area contributed by atoms with E-state index < -0.39 is 23.9 Å². The fraction of sp³-hybridized carbons (Fsp3) is 0.679. The van der Waals surface area contributed by atoms with Crippen molar-refractivity contribution in [1.82, 2.24) is 0 Å². The molecule has 1 aliphatic rings. The lowest BCUT2D eigenvalue weighted by Gasteiger charge is -2.36. The number of amides is 1. The highest BCUT2D eigenvalue weighted by molar-refractivity contribution is 8.00. The summed E-state index contributed by atoms with van der Waals surface area (Å²) in [4.78, 5) is 37.8. The Balaban J connectivity index is 1.90. The van der Waals surface area contributed by atoms with E-state index in [-0.39, 0.29) is 23.2 Å². The Bertz CT molecular complexity index is 785. The summed E-state index contributed by atoms with van der Waals surface area (Å²) in [6, 6.07) is 9.74. The van der Waals surface area contributed by atoms with Gasteiger partial charge in [-0.1, -0.05) is 90.3 Å². The van der Waals surface area contributed by atoms with Crippen LogP contribution in [0.3, 0.4) is 0 Å². The Hall–Kier alpha value is -2.02. The van der Waals surface area contributed by atoms with Gasteiger partial charge in [-0.2, -0.15) is 0 Å². The summed E-state index contributed by atoms with van der Waals surface area (Å²) in [5, 5.41) is -0.321. The van der Waals surface area contributed by atoms with Gasteiger partial charge in [-0.05, 0) is 30.9 Å². The van der Waals surface area contributed by atoms with E-state index in [4.69, 9.17) is 15.2 Å². The third-order valence-corrected chi connectivity index (χ3v) is 7.77. The van der Waals surface area contributed by atoms with E-state index in [0.29, 0.717) is 12.8 Å². The summed E-state index contributed by atoms with van der Waals surface area (Å²) in [6.45, 7) is 5.79. The van der Waals surface area contributed by atoms with Crippen molar-refractivity contribution >= 4 is 29.6 Å². The second-order valence-electron chi connectivity index (χ2n) is 9.86. The molecule has 1 aromatic carbocycles. The monoisotopic (exact) mass is 505 g/mol. The first-order valence-corrected chi connectivity index (χ1v) is 14.1. The van der Waals surface area contributed by atoms with Crippen LogP contribution >= 0.6 is 11.8 Å². The quantitative estimate of drug-likeness (QED) is 0.148. The molecule has 0 radical (unpaired) electrons. The topological polar surface area (TPSA) is 95.7 Å². The van der Waals surface area contributed by atoms with Gasteiger partial charge in [0.2, 0.25) is 5.91 Å². The molecule has 0 spiro atoms. The Morgan fingerprint density at radius 3 is 2.14 bits per heavy atom. The van der Waals surface area contributed by atoms with E-state index in [9.17, 15) is 14.4 Å². The normalized spacial score (nSPS) is 19.0. The fourth-order valence-corrected chi connectivity index (χ4v) is 5.50. The van der Waals surface area contributed by atoms with Crippen LogP contribution < -0.4 is 5.73 Å². The molecule has 1 aliphatic heterocycles. The van der Waals surface area contributed by atoms with Gasteiger partial charge in [-0.25, -0.2) is 0 Å². The van der Waals surface area contributed by atoms with Crippen molar-refractivity contribution in [2.45, 2.75) is 114 Å². The van der Waals surface area contributed by atoms with Crippen LogP contribution in [0.25, 0.3) is 0 Å². The van der Waals surface area contributed by atoms with Crippen molar-refractivity contribution in [3.8, 4) is 0 Å². The van der Waals surface area contributed by atoms with Crippen LogP contribution in [0.1, 0.15) is 91.4 Å². The molecule has 1 fully saturated rings. The molecule has 1 aromatic rings. The van der Waals surface area contributed by atoms with Gasteiger partial charge in [0, 0.05) is 11.3 Å². The van der Waals surface area contributed by atoms with Crippen molar-refractivity contribution in [3.63, 3.8) is 0 Å². The molecule has 1 unspecified atom stereocenters. The zero-order valence-electron chi connectivity index (χ0n) is 21.6. The first-order valence-electron chi connectivity index (χ1n) is 13.3. The molecule has 7 heteroatoms. The van der Waals surface area contributed by atoms with Crippen molar-refractivity contribution in [2.24, 2.45) is 17.6 Å². The number of hydrogen-bond donors (Lipinski definition) is 1. The molecule has 1 saturated heterocycles. The molecular weight excluding hydrogens is 462 g/mol. The first-order chi connectivity index (χ1) is 16.8. The number of rotatable bonds is 18. The molecule has 2 N–H and O–H groups in total. The van der Waals surface area contributed by atoms with Gasteiger partial charge in [-0.15, -0.1) is 11.8 Å². The van der Waals surface area contributed by atoms with Crippen LogP contribution in [0.4, 0.5) is 0 Å². The highest BCUT2D eigenvalue weighted by Crippen LogP contribution is 2.36. The molecule has 196 valence electrons. The molecule has 0 saturated carbocycles. The van der Waals surface area contributed by atoms with Gasteiger partial charge >= 0.3 is 11.9 Å². The maximum Gasteiger partial charge on any atom is 0.323 e. The van der Waals surface area contributed by atoms with Crippen LogP contribution in [0, 0.1) is 11.8 Å². The number of esters is 2. The van der Waals surface area contributed by atoms with Gasteiger partial charge in [0.1, 0.15) is 23.4 Å². The van der Waals surface area contributed by atoms with Crippen molar-refractivity contribution in [1.29, 1.82) is 0 Å². The van der Waals surface area contributed by atoms with Crippen molar-refractivity contribution in [3.05, 3.63) is 30.3 Å². The second kappa shape index (κ2) is 15.9. The number of cyclic esters (lactones) is 1. The van der Waals surface area contributed by atoms with Gasteiger partial charge in [0.15, 0.2) is 0 Å². The predicted octanol–water partition coefficient (Wildman–Crippen LogP) is 6.05. The second-order valence-corrected chi connectivity index (χ2v) is 11.1. The molecule has 2 rings (SSSR count). The van der Waals surface area contributed by atoms with E-state index in [1.54, 1.807) is 13.8 Å². The standard InChI is InChI=1S/C28H43NO5S/c1-4-5-6-7-8-9-10-11-13-16-21(33-27(31)24(20(2)3)26(29)30)19-23-25(28(32)34-23)35-22-17-14-12-15-18-22/h12,14-15,17-18,20-21,23-25H,4-11,13,16,19H2,1-3H3,(H2,29,30)/t21-,23+,24?,25+/m0/s1. The summed E-state index contributed by atoms with van der Waals surface area (Å²) in [6.07, 6.45) is 11.2. The van der Waals surface area contributed by atoms with Crippen molar-refractivity contribution in [2.75, 3.05) is 0 Å². The lowest BCUT2D eigenvalue weighted by atomic mass is 9.94. The number of carbonyl (C=O) groups excluding carboxylic acids is 3. The Labute approximate surface area is 215 Å². The van der Waals surface area contributed by atoms with Gasteiger partial charge in [-0.3, -0.25) is 14.4 Å². The summed E-state index contributed by atoms with van der Waals surface area (Å²) in [5.74, 6) is -2.70. The first kappa shape index (κ1) is 29.2. The molecular formula is C28H43NO5S. The maximum absolute atomic E-state index is 12.8. The number of nitrogens with two attached hydrogens (primary N) is 1. The van der Waals surface area contributed by atoms with E-state index >= 15 is 0 Å². The largest absolute Gasteiger partial charge is 0.462 e. The minimum atomic E-state index is -0.973. The lowest BCUT2D eigenvalue weighted by molar-refractivity contribution is -0.173. The number of ether oxygens (including phenoxy) is 2. The summed E-state index contributed by atoms with van der Waals surface area (Å²) < 4.78 is 11.2. The van der Waals surface area contributed by atoms with Crippen LogP contribution in [0.15, 0.2) is 35.2 Å². The van der Waals surface area contributed by atoms with Crippen LogP contribution in [-0.4, -0.2) is 35.3 Å². The number of unbranched alkanes of at least 4 members (excludes halogenated alkanes) is 8. The van der Waals surface area contributed by atoms with E-state index in [0.717, 1.165) is 24.2 Å². The van der Waals surface area contributed by atoms with Crippen LogP contribution in [-0.2, 0) is 23.9 Å². The zero-order chi connectivity index (χ0) is 25.6. The maximum atomic E-state index is 12.8. The van der Waals surface area contributed by atoms with Crippen LogP contribution in [0.2, 0.25) is 0 Å². The molecule has 1 amide bonds. The third-order valence-electron chi connectivity index (χ3n) is 6.48. The number of primary amides is 1. The van der Waals surface area contributed by atoms with Gasteiger partial charge in [0.25, 0.3) is 0 Å². The van der Waals surface area contributed by atoms with Crippen molar-refractivity contribution < 1.29 is 23.9 Å². The minimum Gasteiger partial charge on any atom is -0.462 e. The predicted molar refractivity (Wildman–Crippen MR) is 140 cm³/mol. The van der Waals surface area contributed by atoms with E-state index in [1.807, 2.05) is 30.3 Å². The number of hydrogen-bond acceptors (Lipinski definition) is 6. The number of carbonyl (C=O) groups is 3. The van der Waals surface area contributed by atoms with Crippen LogP contribution in [0.5, 0.6) is 0 Å². The fourth-order valence-electron chi connectivity index (χ4n) is 4.42. The molecule has 1 heterocycles. The zero-order valence-corrected chi connectivity index (χ0v) is 22.4. The molecule has 0 aliphatic carbocycles. The van der Waals surface area contributed by atoms with Gasteiger partial charge in [0.05, 0.1) is 0 Å². The summed E-state index contributed by atoms with van der Waals surface area (Å²) in [5.41, 5.74) is 5.47. The molecule has 6 nitrogen and oxygen atoms in total. The highest BCUT2D eigenvalue weighted by Gasteiger charge is 2.45. The van der Waals surface area contributed by atoms with E-state index in [1.165, 1.54) is 50.3 Å². The Kier molecular flexibility index (Phi) is 13.2. The summed E-state index contributed by atoms with van der Waals surface area (Å²) >= 11 is 1.48. The highest BCUT2D eigenvalue weighted by atomic mass is 32.2. The Morgan fingerprint density at radius 1 is 1.00 bits per heavy atom.